The Balaban J connectivity index is 1.85. The van der Waals surface area contributed by atoms with E-state index in [1.54, 1.807) is 20.3 Å². The van der Waals surface area contributed by atoms with Crippen molar-refractivity contribution >= 4 is 35.3 Å². The van der Waals surface area contributed by atoms with Crippen LogP contribution in [0.2, 0.25) is 0 Å². The Morgan fingerprint density at radius 2 is 1.90 bits per heavy atom. The summed E-state index contributed by atoms with van der Waals surface area (Å²) in [6.07, 6.45) is 0. The summed E-state index contributed by atoms with van der Waals surface area (Å²) in [5, 5.41) is 12.7. The molecular formula is C22H19N3O3S2. The molecule has 1 aliphatic rings. The van der Waals surface area contributed by atoms with E-state index in [0.717, 1.165) is 16.0 Å². The maximum Gasteiger partial charge on any atom is 0.243 e. The molecule has 2 unspecified atom stereocenters. The van der Waals surface area contributed by atoms with E-state index in [4.69, 9.17) is 21.7 Å². The third-order valence-electron chi connectivity index (χ3n) is 5.15. The van der Waals surface area contributed by atoms with Gasteiger partial charge in [0.2, 0.25) is 5.91 Å². The molecule has 0 aliphatic carbocycles. The van der Waals surface area contributed by atoms with Gasteiger partial charge in [-0.1, -0.05) is 36.4 Å². The van der Waals surface area contributed by atoms with Crippen molar-refractivity contribution in [3.05, 3.63) is 68.5 Å². The number of hydrogen-bond acceptors (Lipinski definition) is 6. The van der Waals surface area contributed by atoms with E-state index in [-0.39, 0.29) is 5.91 Å². The molecule has 1 aromatic heterocycles. The number of amides is 1. The van der Waals surface area contributed by atoms with Gasteiger partial charge < -0.3 is 19.4 Å². The maximum atomic E-state index is 12.8. The van der Waals surface area contributed by atoms with E-state index < -0.39 is 11.8 Å². The zero-order valence-corrected chi connectivity index (χ0v) is 18.0. The van der Waals surface area contributed by atoms with Crippen LogP contribution >= 0.6 is 23.6 Å². The van der Waals surface area contributed by atoms with Gasteiger partial charge in [0, 0.05) is 5.92 Å². The molecule has 30 heavy (non-hydrogen) atoms. The lowest BCUT2D eigenvalue weighted by atomic mass is 9.82. The Labute approximate surface area is 183 Å². The van der Waals surface area contributed by atoms with Crippen LogP contribution in [0.5, 0.6) is 11.5 Å². The Kier molecular flexibility index (Phi) is 5.57. The Morgan fingerprint density at radius 3 is 2.57 bits per heavy atom. The van der Waals surface area contributed by atoms with Crippen LogP contribution in [0.25, 0.3) is 0 Å². The van der Waals surface area contributed by atoms with E-state index in [2.05, 4.69) is 11.4 Å². The molecule has 1 aliphatic heterocycles. The summed E-state index contributed by atoms with van der Waals surface area (Å²) >= 11 is 7.05. The molecule has 2 atom stereocenters. The van der Waals surface area contributed by atoms with Crippen molar-refractivity contribution in [2.75, 3.05) is 19.5 Å². The second kappa shape index (κ2) is 8.30. The van der Waals surface area contributed by atoms with Gasteiger partial charge in [0.25, 0.3) is 0 Å². The van der Waals surface area contributed by atoms with Crippen LogP contribution in [0.15, 0.2) is 48.5 Å². The van der Waals surface area contributed by atoms with Gasteiger partial charge in [0.05, 0.1) is 31.7 Å². The van der Waals surface area contributed by atoms with Crippen LogP contribution in [0, 0.1) is 21.2 Å². The predicted octanol–water partition coefficient (Wildman–Crippen LogP) is 4.57. The van der Waals surface area contributed by atoms with Crippen LogP contribution in [0.1, 0.15) is 21.9 Å². The fourth-order valence-electron chi connectivity index (χ4n) is 3.69. The number of benzene rings is 2. The van der Waals surface area contributed by atoms with Gasteiger partial charge in [0.1, 0.15) is 11.7 Å². The largest absolute Gasteiger partial charge is 0.493 e. The Hall–Kier alpha value is -3.15. The number of fused-ring (bicyclic) bond motifs is 1. The van der Waals surface area contributed by atoms with E-state index in [1.807, 2.05) is 47.0 Å². The second-order valence-electron chi connectivity index (χ2n) is 6.84. The number of nitrogens with one attached hydrogen (secondary N) is 1. The number of anilines is 1. The predicted molar refractivity (Wildman–Crippen MR) is 118 cm³/mol. The van der Waals surface area contributed by atoms with Gasteiger partial charge in [0.15, 0.2) is 15.5 Å². The monoisotopic (exact) mass is 437 g/mol. The van der Waals surface area contributed by atoms with Gasteiger partial charge in [-0.3, -0.25) is 4.79 Å². The normalized spacial score (nSPS) is 17.6. The lowest BCUT2D eigenvalue weighted by molar-refractivity contribution is -0.119. The first-order valence-corrected chi connectivity index (χ1v) is 10.5. The average molecular weight is 438 g/mol. The summed E-state index contributed by atoms with van der Waals surface area (Å²) in [4.78, 5) is 13.7. The fraction of sp³-hybridized carbons (Fsp3) is 0.227. The molecule has 1 amide bonds. The lowest BCUT2D eigenvalue weighted by Crippen LogP contribution is -2.33. The SMILES string of the molecule is COc1ccc(C2c3sc(=S)n(Cc4ccccc4)c3NC(=O)C2C#N)cc1OC. The minimum absolute atomic E-state index is 0.334. The van der Waals surface area contributed by atoms with Crippen molar-refractivity contribution in [3.63, 3.8) is 0 Å². The first-order valence-electron chi connectivity index (χ1n) is 9.27. The second-order valence-corrected chi connectivity index (χ2v) is 8.52. The van der Waals surface area contributed by atoms with E-state index >= 15 is 0 Å². The fourth-order valence-corrected chi connectivity index (χ4v) is 5.23. The summed E-state index contributed by atoms with van der Waals surface area (Å²) in [5.74, 6) is 0.150. The third kappa shape index (κ3) is 3.47. The number of carbonyl (C=O) groups excluding carboxylic acids is 1. The number of aromatic nitrogens is 1. The molecular weight excluding hydrogens is 418 g/mol. The molecule has 2 heterocycles. The summed E-state index contributed by atoms with van der Waals surface area (Å²) in [6.45, 7) is 0.543. The molecule has 152 valence electrons. The zero-order chi connectivity index (χ0) is 21.3. The smallest absolute Gasteiger partial charge is 0.243 e. The minimum atomic E-state index is -0.867. The molecule has 8 heteroatoms. The van der Waals surface area contributed by atoms with E-state index in [0.29, 0.717) is 27.8 Å². The highest BCUT2D eigenvalue weighted by molar-refractivity contribution is 7.73. The molecule has 0 spiro atoms. The summed E-state index contributed by atoms with van der Waals surface area (Å²) < 4.78 is 13.3. The highest BCUT2D eigenvalue weighted by atomic mass is 32.1. The number of ether oxygens (including phenoxy) is 2. The van der Waals surface area contributed by atoms with Crippen LogP contribution in [0.4, 0.5) is 5.82 Å². The maximum absolute atomic E-state index is 12.8. The molecule has 2 aromatic carbocycles. The highest BCUT2D eigenvalue weighted by Crippen LogP contribution is 2.46. The van der Waals surface area contributed by atoms with Gasteiger partial charge >= 0.3 is 0 Å². The van der Waals surface area contributed by atoms with Crippen LogP contribution < -0.4 is 14.8 Å². The number of thiazole rings is 1. The Bertz CT molecular complexity index is 1190. The van der Waals surface area contributed by atoms with Gasteiger partial charge in [-0.05, 0) is 35.5 Å². The van der Waals surface area contributed by atoms with Gasteiger partial charge in [-0.2, -0.15) is 5.26 Å². The molecule has 6 nitrogen and oxygen atoms in total. The van der Waals surface area contributed by atoms with Crippen molar-refractivity contribution in [2.24, 2.45) is 5.92 Å². The molecule has 0 radical (unpaired) electrons. The zero-order valence-electron chi connectivity index (χ0n) is 16.4. The lowest BCUT2D eigenvalue weighted by Gasteiger charge is -2.28. The van der Waals surface area contributed by atoms with Crippen molar-refractivity contribution in [1.82, 2.24) is 4.57 Å². The van der Waals surface area contributed by atoms with Crippen molar-refractivity contribution < 1.29 is 14.3 Å². The number of nitriles is 1. The quantitative estimate of drug-likeness (QED) is 0.592. The minimum Gasteiger partial charge on any atom is -0.493 e. The number of rotatable bonds is 5. The Morgan fingerprint density at radius 1 is 1.17 bits per heavy atom. The molecule has 1 N–H and O–H groups in total. The van der Waals surface area contributed by atoms with E-state index in [1.165, 1.54) is 11.3 Å². The van der Waals surface area contributed by atoms with Gasteiger partial charge in [-0.15, -0.1) is 11.3 Å². The number of hydrogen-bond donors (Lipinski definition) is 1. The molecule has 3 aromatic rings. The standard InChI is InChI=1S/C22H19N3O3S2/c1-27-16-9-8-14(10-17(16)28-2)18-15(11-23)21(26)24-20-19(18)30-22(29)25(20)12-13-6-4-3-5-7-13/h3-10,15,18H,12H2,1-2H3,(H,24,26). The van der Waals surface area contributed by atoms with Crippen molar-refractivity contribution in [3.8, 4) is 17.6 Å². The topological polar surface area (TPSA) is 76.3 Å². The third-order valence-corrected chi connectivity index (χ3v) is 6.68. The van der Waals surface area contributed by atoms with Crippen LogP contribution in [-0.4, -0.2) is 24.7 Å². The molecule has 0 saturated heterocycles. The number of carbonyl (C=O) groups is 1. The van der Waals surface area contributed by atoms with Crippen molar-refractivity contribution in [1.29, 1.82) is 5.26 Å². The van der Waals surface area contributed by atoms with Crippen molar-refractivity contribution in [2.45, 2.75) is 12.5 Å². The highest BCUT2D eigenvalue weighted by Gasteiger charge is 2.40. The summed E-state index contributed by atoms with van der Waals surface area (Å²) in [6, 6.07) is 17.6. The molecule has 0 saturated carbocycles. The van der Waals surface area contributed by atoms with Gasteiger partial charge in [-0.25, -0.2) is 0 Å². The summed E-state index contributed by atoms with van der Waals surface area (Å²) in [7, 11) is 3.12. The van der Waals surface area contributed by atoms with Crippen LogP contribution in [0.3, 0.4) is 0 Å². The molecule has 0 fully saturated rings. The van der Waals surface area contributed by atoms with Crippen LogP contribution in [-0.2, 0) is 11.3 Å². The molecule has 4 rings (SSSR count). The van der Waals surface area contributed by atoms with E-state index in [9.17, 15) is 10.1 Å². The first kappa shape index (κ1) is 20.1. The summed E-state index contributed by atoms with van der Waals surface area (Å²) in [5.41, 5.74) is 1.88. The molecule has 0 bridgehead atoms. The first-order chi connectivity index (χ1) is 14.6. The number of nitrogens with zero attached hydrogens (tertiary/aromatic N) is 2. The number of methoxy groups -OCH3 is 2. The average Bonchev–Trinajstić information content (AvgIpc) is 3.07.